The van der Waals surface area contributed by atoms with Crippen LogP contribution in [0, 0.1) is 4.77 Å². The van der Waals surface area contributed by atoms with Crippen LogP contribution in [0.4, 0.5) is 0 Å². The minimum absolute atomic E-state index is 0.0172. The largest absolute Gasteiger partial charge is 0.494 e. The summed E-state index contributed by atoms with van der Waals surface area (Å²) in [5, 5.41) is 14.1. The Labute approximate surface area is 147 Å². The first-order valence-electron chi connectivity index (χ1n) is 8.48. The van der Waals surface area contributed by atoms with Crippen molar-refractivity contribution in [1.82, 2.24) is 14.9 Å². The molecule has 7 heteroatoms. The fourth-order valence-corrected chi connectivity index (χ4v) is 4.22. The number of nitrogens with one attached hydrogen (secondary N) is 2. The molecule has 3 rings (SSSR count). The molecule has 0 amide bonds. The molecular weight excluding hydrogens is 324 g/mol. The normalized spacial score (nSPS) is 23.7. The van der Waals surface area contributed by atoms with Crippen molar-refractivity contribution in [3.05, 3.63) is 20.7 Å². The van der Waals surface area contributed by atoms with E-state index in [0.29, 0.717) is 0 Å². The third-order valence-electron chi connectivity index (χ3n) is 4.65. The summed E-state index contributed by atoms with van der Waals surface area (Å²) in [5.74, 6) is -0.0672. The molecule has 0 atom stereocenters. The summed E-state index contributed by atoms with van der Waals surface area (Å²) >= 11 is 5.17. The number of nitrogens with zero attached hydrogens (tertiary/aromatic N) is 2. The number of piperidine rings is 1. The number of aliphatic imine (C=N–C) groups is 1. The van der Waals surface area contributed by atoms with Crippen LogP contribution in [0.3, 0.4) is 0 Å². The van der Waals surface area contributed by atoms with Gasteiger partial charge in [0.1, 0.15) is 5.56 Å². The van der Waals surface area contributed by atoms with Crippen LogP contribution in [0.2, 0.25) is 0 Å². The van der Waals surface area contributed by atoms with Crippen molar-refractivity contribution in [3.8, 4) is 5.88 Å². The zero-order valence-electron chi connectivity index (χ0n) is 14.7. The third kappa shape index (κ3) is 3.62. The molecular formula is C17H26N4O2S. The molecule has 2 fully saturated rings. The van der Waals surface area contributed by atoms with Gasteiger partial charge < -0.3 is 10.4 Å². The van der Waals surface area contributed by atoms with Gasteiger partial charge in [-0.05, 0) is 65.6 Å². The molecule has 0 radical (unpaired) electrons. The number of rotatable bonds is 3. The van der Waals surface area contributed by atoms with Crippen molar-refractivity contribution in [3.63, 3.8) is 0 Å². The average Bonchev–Trinajstić information content (AvgIpc) is 3.18. The maximum absolute atomic E-state index is 12.2. The Balaban J connectivity index is 1.91. The summed E-state index contributed by atoms with van der Waals surface area (Å²) in [6, 6.07) is 0.297. The minimum atomic E-state index is -0.384. The monoisotopic (exact) mass is 350 g/mol. The molecule has 0 aromatic carbocycles. The van der Waals surface area contributed by atoms with Crippen molar-refractivity contribution in [1.29, 1.82) is 0 Å². The lowest BCUT2D eigenvalue weighted by Crippen LogP contribution is -2.58. The number of H-pyrrole nitrogens is 1. The molecule has 2 heterocycles. The molecule has 1 aromatic heterocycles. The summed E-state index contributed by atoms with van der Waals surface area (Å²) in [6.45, 7) is 8.64. The number of hydrogen-bond acceptors (Lipinski definition) is 5. The highest BCUT2D eigenvalue weighted by molar-refractivity contribution is 7.71. The molecule has 6 nitrogen and oxygen atoms in total. The molecule has 0 unspecified atom stereocenters. The van der Waals surface area contributed by atoms with Crippen LogP contribution in [0.5, 0.6) is 5.88 Å². The molecule has 1 aromatic rings. The van der Waals surface area contributed by atoms with Gasteiger partial charge in [-0.3, -0.25) is 19.3 Å². The lowest BCUT2D eigenvalue weighted by atomic mass is 9.80. The summed E-state index contributed by atoms with van der Waals surface area (Å²) in [5.41, 5.74) is -0.219. The SMILES string of the molecule is CC1(C)CC(N=Cc2c(O)n(C3CC3)c(=S)[nH]c2=O)CC(C)(C)N1. The molecule has 0 spiro atoms. The smallest absolute Gasteiger partial charge is 0.264 e. The van der Waals surface area contributed by atoms with Crippen LogP contribution >= 0.6 is 12.2 Å². The van der Waals surface area contributed by atoms with Crippen molar-refractivity contribution < 1.29 is 5.11 Å². The Morgan fingerprint density at radius 2 is 1.83 bits per heavy atom. The van der Waals surface area contributed by atoms with Crippen LogP contribution in [0.15, 0.2) is 9.79 Å². The molecule has 132 valence electrons. The van der Waals surface area contributed by atoms with Gasteiger partial charge in [-0.1, -0.05) is 0 Å². The minimum Gasteiger partial charge on any atom is -0.494 e. The van der Waals surface area contributed by atoms with E-state index in [1.54, 1.807) is 4.57 Å². The molecule has 0 bridgehead atoms. The van der Waals surface area contributed by atoms with Crippen molar-refractivity contribution in [2.24, 2.45) is 4.99 Å². The van der Waals surface area contributed by atoms with Crippen LogP contribution in [0.25, 0.3) is 0 Å². The van der Waals surface area contributed by atoms with Crippen LogP contribution in [0.1, 0.15) is 65.0 Å². The lowest BCUT2D eigenvalue weighted by Gasteiger charge is -2.45. The summed E-state index contributed by atoms with van der Waals surface area (Å²) in [6.07, 6.45) is 5.23. The van der Waals surface area contributed by atoms with Gasteiger partial charge in [-0.15, -0.1) is 0 Å². The van der Waals surface area contributed by atoms with Gasteiger partial charge in [0.2, 0.25) is 5.88 Å². The predicted octanol–water partition coefficient (Wildman–Crippen LogP) is 2.67. The second-order valence-electron chi connectivity index (χ2n) is 8.33. The van der Waals surface area contributed by atoms with E-state index >= 15 is 0 Å². The Hall–Kier alpha value is -1.47. The number of hydrogen-bond donors (Lipinski definition) is 3. The van der Waals surface area contributed by atoms with E-state index in [1.807, 2.05) is 0 Å². The number of aromatic amines is 1. The third-order valence-corrected chi connectivity index (χ3v) is 4.95. The molecule has 1 aliphatic heterocycles. The quantitative estimate of drug-likeness (QED) is 0.578. The molecule has 1 aliphatic carbocycles. The highest BCUT2D eigenvalue weighted by atomic mass is 32.1. The van der Waals surface area contributed by atoms with Gasteiger partial charge in [-0.25, -0.2) is 0 Å². The molecule has 2 aliphatic rings. The topological polar surface area (TPSA) is 82.4 Å². The van der Waals surface area contributed by atoms with E-state index in [-0.39, 0.29) is 44.9 Å². The van der Waals surface area contributed by atoms with Crippen LogP contribution in [-0.2, 0) is 0 Å². The van der Waals surface area contributed by atoms with Gasteiger partial charge in [0.25, 0.3) is 5.56 Å². The Kier molecular flexibility index (Phi) is 4.20. The zero-order chi connectivity index (χ0) is 17.7. The van der Waals surface area contributed by atoms with Gasteiger partial charge in [0.05, 0.1) is 6.04 Å². The predicted molar refractivity (Wildman–Crippen MR) is 97.7 cm³/mol. The maximum atomic E-state index is 12.2. The van der Waals surface area contributed by atoms with Crippen LogP contribution in [-0.4, -0.2) is 38.0 Å². The van der Waals surface area contributed by atoms with E-state index in [9.17, 15) is 9.90 Å². The van der Waals surface area contributed by atoms with Gasteiger partial charge >= 0.3 is 0 Å². The lowest BCUT2D eigenvalue weighted by molar-refractivity contribution is 0.164. The molecule has 3 N–H and O–H groups in total. The van der Waals surface area contributed by atoms with E-state index in [2.05, 4.69) is 43.0 Å². The van der Waals surface area contributed by atoms with Gasteiger partial charge in [0, 0.05) is 23.3 Å². The Morgan fingerprint density at radius 3 is 2.38 bits per heavy atom. The Morgan fingerprint density at radius 1 is 1.25 bits per heavy atom. The van der Waals surface area contributed by atoms with E-state index in [0.717, 1.165) is 25.7 Å². The second-order valence-corrected chi connectivity index (χ2v) is 8.72. The summed E-state index contributed by atoms with van der Waals surface area (Å²) in [4.78, 5) is 19.5. The highest BCUT2D eigenvalue weighted by Gasteiger charge is 2.37. The van der Waals surface area contributed by atoms with E-state index in [4.69, 9.17) is 12.2 Å². The Bertz CT molecular complexity index is 771. The standard InChI is InChI=1S/C17H26N4O2S/c1-16(2)7-10(8-17(3,4)20-16)18-9-12-13(22)19-15(24)21(14(12)23)11-5-6-11/h9-11,20,23H,5-8H2,1-4H3,(H,19,22,24). The van der Waals surface area contributed by atoms with Crippen LogP contribution < -0.4 is 10.9 Å². The molecule has 24 heavy (non-hydrogen) atoms. The second kappa shape index (κ2) is 5.81. The first-order chi connectivity index (χ1) is 11.1. The summed E-state index contributed by atoms with van der Waals surface area (Å²) < 4.78 is 1.91. The van der Waals surface area contributed by atoms with Crippen molar-refractivity contribution in [2.75, 3.05) is 0 Å². The highest BCUT2D eigenvalue weighted by Crippen LogP contribution is 2.38. The van der Waals surface area contributed by atoms with Gasteiger partial charge in [-0.2, -0.15) is 0 Å². The molecule has 1 saturated heterocycles. The maximum Gasteiger partial charge on any atom is 0.264 e. The first kappa shape index (κ1) is 17.4. The van der Waals surface area contributed by atoms with Crippen molar-refractivity contribution >= 4 is 18.4 Å². The molecule has 1 saturated carbocycles. The van der Waals surface area contributed by atoms with Gasteiger partial charge in [0.15, 0.2) is 4.77 Å². The van der Waals surface area contributed by atoms with E-state index < -0.39 is 0 Å². The fraction of sp³-hybridized carbons (Fsp3) is 0.706. The fourth-order valence-electron chi connectivity index (χ4n) is 3.89. The summed E-state index contributed by atoms with van der Waals surface area (Å²) in [7, 11) is 0. The average molecular weight is 350 g/mol. The van der Waals surface area contributed by atoms with Crippen molar-refractivity contribution in [2.45, 2.75) is 76.5 Å². The number of aromatic nitrogens is 2. The first-order valence-corrected chi connectivity index (χ1v) is 8.89. The zero-order valence-corrected chi connectivity index (χ0v) is 15.5. The number of aromatic hydroxyl groups is 1. The van der Waals surface area contributed by atoms with E-state index in [1.165, 1.54) is 6.21 Å².